The molecule has 2 aromatic rings. The van der Waals surface area contributed by atoms with Crippen LogP contribution >= 0.6 is 0 Å². The van der Waals surface area contributed by atoms with Gasteiger partial charge in [0.05, 0.1) is 17.1 Å². The zero-order valence-electron chi connectivity index (χ0n) is 10.3. The van der Waals surface area contributed by atoms with Gasteiger partial charge in [-0.3, -0.25) is 9.59 Å². The molecule has 94 valence electrons. The quantitative estimate of drug-likeness (QED) is 0.823. The lowest BCUT2D eigenvalue weighted by Crippen LogP contribution is -2.34. The first kappa shape index (κ1) is 11.7. The Hall–Kier alpha value is -2.40. The summed E-state index contributed by atoms with van der Waals surface area (Å²) in [6.07, 6.45) is 1.45. The third-order valence-corrected chi connectivity index (χ3v) is 3.09. The molecule has 1 atom stereocenters. The number of hydrogen-bond donors (Lipinski definition) is 1. The predicted molar refractivity (Wildman–Crippen MR) is 70.5 cm³/mol. The van der Waals surface area contributed by atoms with E-state index in [0.717, 1.165) is 0 Å². The molecule has 3 rings (SSSR count). The molecule has 1 aromatic heterocycles. The van der Waals surface area contributed by atoms with E-state index in [1.165, 1.54) is 13.0 Å². The van der Waals surface area contributed by atoms with Crippen molar-refractivity contribution in [3.05, 3.63) is 41.7 Å². The van der Waals surface area contributed by atoms with Crippen molar-refractivity contribution in [3.63, 3.8) is 0 Å². The number of fused-ring (bicyclic) bond motifs is 2. The van der Waals surface area contributed by atoms with E-state index in [1.807, 2.05) is 12.1 Å². The summed E-state index contributed by atoms with van der Waals surface area (Å²) in [7, 11) is 0. The molecule has 2 N–H and O–H groups in total. The van der Waals surface area contributed by atoms with Gasteiger partial charge >= 0.3 is 0 Å². The molecule has 0 bridgehead atoms. The Balaban J connectivity index is 2.35. The fourth-order valence-corrected chi connectivity index (χ4v) is 2.14. The first-order chi connectivity index (χ1) is 9.08. The lowest BCUT2D eigenvalue weighted by Gasteiger charge is -2.18. The summed E-state index contributed by atoms with van der Waals surface area (Å²) < 4.78 is 0. The third kappa shape index (κ3) is 1.75. The highest BCUT2D eigenvalue weighted by Crippen LogP contribution is 2.25. The van der Waals surface area contributed by atoms with Gasteiger partial charge in [-0.2, -0.15) is 0 Å². The highest BCUT2D eigenvalue weighted by molar-refractivity contribution is 6.24. The Morgan fingerprint density at radius 2 is 1.74 bits per heavy atom. The number of carbonyl (C=O) groups is 2. The minimum Gasteiger partial charge on any atom is -0.318 e. The normalized spacial score (nSPS) is 18.1. The Labute approximate surface area is 109 Å². The van der Waals surface area contributed by atoms with E-state index in [2.05, 4.69) is 9.97 Å². The molecular formula is C14H11N3O2. The molecule has 0 fully saturated rings. The third-order valence-electron chi connectivity index (χ3n) is 3.09. The summed E-state index contributed by atoms with van der Waals surface area (Å²) in [4.78, 5) is 32.4. The van der Waals surface area contributed by atoms with Crippen LogP contribution in [-0.4, -0.2) is 27.6 Å². The Morgan fingerprint density at radius 3 is 2.32 bits per heavy atom. The van der Waals surface area contributed by atoms with Gasteiger partial charge in [-0.1, -0.05) is 12.1 Å². The van der Waals surface area contributed by atoms with Gasteiger partial charge in [0.15, 0.2) is 5.78 Å². The van der Waals surface area contributed by atoms with Crippen LogP contribution in [0.25, 0.3) is 16.6 Å². The Bertz CT molecular complexity index is 749. The number of hydrogen-bond acceptors (Lipinski definition) is 5. The largest absolute Gasteiger partial charge is 0.318 e. The van der Waals surface area contributed by atoms with Crippen LogP contribution in [-0.2, 0) is 4.79 Å². The molecule has 0 amide bonds. The number of carbonyl (C=O) groups excluding carboxylic acids is 2. The summed E-state index contributed by atoms with van der Waals surface area (Å²) in [6.45, 7) is 1.43. The number of nitrogens with zero attached hydrogens (tertiary/aromatic N) is 2. The van der Waals surface area contributed by atoms with E-state index in [1.54, 1.807) is 12.1 Å². The van der Waals surface area contributed by atoms with Crippen LogP contribution in [0.5, 0.6) is 0 Å². The fraction of sp³-hybridized carbons (Fsp3) is 0.143. The van der Waals surface area contributed by atoms with E-state index in [9.17, 15) is 9.59 Å². The first-order valence-corrected chi connectivity index (χ1v) is 5.87. The Morgan fingerprint density at radius 1 is 1.16 bits per heavy atom. The molecule has 1 heterocycles. The maximum Gasteiger partial charge on any atom is 0.204 e. The minimum atomic E-state index is -0.832. The van der Waals surface area contributed by atoms with Crippen molar-refractivity contribution in [2.45, 2.75) is 13.0 Å². The lowest BCUT2D eigenvalue weighted by molar-refractivity contribution is -0.111. The van der Waals surface area contributed by atoms with Crippen LogP contribution < -0.4 is 5.73 Å². The predicted octanol–water partition coefficient (Wildman–Crippen LogP) is 1.13. The molecular weight excluding hydrogens is 242 g/mol. The van der Waals surface area contributed by atoms with E-state index in [0.29, 0.717) is 22.3 Å². The van der Waals surface area contributed by atoms with Crippen molar-refractivity contribution in [1.82, 2.24) is 9.97 Å². The maximum absolute atomic E-state index is 12.0. The van der Waals surface area contributed by atoms with Crippen molar-refractivity contribution in [2.24, 2.45) is 5.73 Å². The van der Waals surface area contributed by atoms with Gasteiger partial charge in [-0.05, 0) is 25.1 Å². The van der Waals surface area contributed by atoms with Crippen molar-refractivity contribution in [2.75, 3.05) is 0 Å². The van der Waals surface area contributed by atoms with Crippen molar-refractivity contribution >= 4 is 28.2 Å². The summed E-state index contributed by atoms with van der Waals surface area (Å²) in [5, 5.41) is 0. The fourth-order valence-electron chi connectivity index (χ4n) is 2.14. The highest BCUT2D eigenvalue weighted by atomic mass is 16.1. The molecule has 5 nitrogen and oxygen atoms in total. The molecule has 1 aliphatic rings. The summed E-state index contributed by atoms with van der Waals surface area (Å²) in [5.74, 6) is -0.480. The van der Waals surface area contributed by atoms with Crippen LogP contribution in [0.1, 0.15) is 23.1 Å². The number of para-hydroxylation sites is 2. The molecule has 19 heavy (non-hydrogen) atoms. The second-order valence-electron chi connectivity index (χ2n) is 4.44. The number of Topliss-reactive ketones (excluding diaryl/α,β-unsaturated/α-hetero) is 2. The van der Waals surface area contributed by atoms with Gasteiger partial charge in [0.1, 0.15) is 11.4 Å². The highest BCUT2D eigenvalue weighted by Gasteiger charge is 2.30. The van der Waals surface area contributed by atoms with Gasteiger partial charge < -0.3 is 5.73 Å². The Kier molecular flexibility index (Phi) is 2.50. The smallest absolute Gasteiger partial charge is 0.204 e. The molecule has 0 radical (unpaired) electrons. The van der Waals surface area contributed by atoms with Crippen LogP contribution in [0.4, 0.5) is 0 Å². The molecule has 0 saturated carbocycles. The van der Waals surface area contributed by atoms with Gasteiger partial charge in [-0.15, -0.1) is 0 Å². The van der Waals surface area contributed by atoms with Crippen LogP contribution in [0.2, 0.25) is 0 Å². The van der Waals surface area contributed by atoms with Crippen molar-refractivity contribution in [3.8, 4) is 0 Å². The number of nitrogens with two attached hydrogens (primary N) is 1. The minimum absolute atomic E-state index is 0.172. The average Bonchev–Trinajstić information content (AvgIpc) is 2.41. The SMILES string of the molecule is CC(=O)C1=CC(N)C(=O)c2nc3ccccc3nc21. The zero-order chi connectivity index (χ0) is 13.6. The van der Waals surface area contributed by atoms with Crippen molar-refractivity contribution in [1.29, 1.82) is 0 Å². The van der Waals surface area contributed by atoms with Crippen LogP contribution in [0.15, 0.2) is 30.3 Å². The standard InChI is InChI=1S/C14H11N3O2/c1-7(18)8-6-9(15)14(19)13-12(8)16-10-4-2-3-5-11(10)17-13/h2-6,9H,15H2,1H3. The van der Waals surface area contributed by atoms with Gasteiger partial charge in [0.25, 0.3) is 0 Å². The number of benzene rings is 1. The second kappa shape index (κ2) is 4.07. The van der Waals surface area contributed by atoms with E-state index >= 15 is 0 Å². The molecule has 5 heteroatoms. The number of aromatic nitrogens is 2. The maximum atomic E-state index is 12.0. The number of ketones is 2. The van der Waals surface area contributed by atoms with E-state index in [4.69, 9.17) is 5.73 Å². The topological polar surface area (TPSA) is 85.9 Å². The monoisotopic (exact) mass is 253 g/mol. The first-order valence-electron chi connectivity index (χ1n) is 5.87. The lowest BCUT2D eigenvalue weighted by atomic mass is 9.92. The van der Waals surface area contributed by atoms with Crippen molar-refractivity contribution < 1.29 is 9.59 Å². The van der Waals surface area contributed by atoms with Crippen LogP contribution in [0, 0.1) is 0 Å². The average molecular weight is 253 g/mol. The van der Waals surface area contributed by atoms with Crippen LogP contribution in [0.3, 0.4) is 0 Å². The zero-order valence-corrected chi connectivity index (χ0v) is 10.3. The second-order valence-corrected chi connectivity index (χ2v) is 4.44. The van der Waals surface area contributed by atoms with E-state index in [-0.39, 0.29) is 17.3 Å². The molecule has 0 saturated heterocycles. The van der Waals surface area contributed by atoms with Gasteiger partial charge in [0, 0.05) is 5.57 Å². The van der Waals surface area contributed by atoms with Gasteiger partial charge in [0.2, 0.25) is 5.78 Å². The van der Waals surface area contributed by atoms with E-state index < -0.39 is 6.04 Å². The molecule has 0 aliphatic heterocycles. The molecule has 1 aromatic carbocycles. The molecule has 1 aliphatic carbocycles. The summed E-state index contributed by atoms with van der Waals surface area (Å²) >= 11 is 0. The summed E-state index contributed by atoms with van der Waals surface area (Å²) in [6, 6.07) is 6.38. The van der Waals surface area contributed by atoms with Gasteiger partial charge in [-0.25, -0.2) is 9.97 Å². The molecule has 1 unspecified atom stereocenters. The summed E-state index contributed by atoms with van der Waals surface area (Å²) in [5.41, 5.74) is 7.86. The number of allylic oxidation sites excluding steroid dienone is 1. The molecule has 0 spiro atoms. The number of rotatable bonds is 1.